The molecule has 5 heteroatoms. The molecule has 0 saturated carbocycles. The van der Waals surface area contributed by atoms with Crippen LogP contribution in [0.5, 0.6) is 0 Å². The standard InChI is InChI=1S/C15H13IN2O2/c1-10(19)17-13-6-3-7-14(9-13)18-15(20)11-4-2-5-12(16)8-11/h2-9H,1H3,(H,17,19)(H,18,20). The van der Waals surface area contributed by atoms with E-state index in [2.05, 4.69) is 33.2 Å². The summed E-state index contributed by atoms with van der Waals surface area (Å²) in [6, 6.07) is 14.4. The van der Waals surface area contributed by atoms with Crippen LogP contribution in [0.1, 0.15) is 17.3 Å². The van der Waals surface area contributed by atoms with E-state index in [1.165, 1.54) is 6.92 Å². The maximum atomic E-state index is 12.1. The van der Waals surface area contributed by atoms with Crippen molar-refractivity contribution in [3.05, 3.63) is 57.7 Å². The van der Waals surface area contributed by atoms with E-state index in [1.807, 2.05) is 18.2 Å². The van der Waals surface area contributed by atoms with Crippen molar-refractivity contribution in [3.8, 4) is 0 Å². The largest absolute Gasteiger partial charge is 0.326 e. The summed E-state index contributed by atoms with van der Waals surface area (Å²) in [5.41, 5.74) is 1.89. The van der Waals surface area contributed by atoms with Gasteiger partial charge in [-0.1, -0.05) is 12.1 Å². The summed E-state index contributed by atoms with van der Waals surface area (Å²) in [6.45, 7) is 1.44. The van der Waals surface area contributed by atoms with Crippen molar-refractivity contribution in [2.45, 2.75) is 6.92 Å². The molecule has 102 valence electrons. The first-order chi connectivity index (χ1) is 9.54. The number of halogens is 1. The van der Waals surface area contributed by atoms with Gasteiger partial charge < -0.3 is 10.6 Å². The van der Waals surface area contributed by atoms with Gasteiger partial charge in [0.25, 0.3) is 5.91 Å². The van der Waals surface area contributed by atoms with Gasteiger partial charge in [-0.15, -0.1) is 0 Å². The molecule has 2 aromatic carbocycles. The molecule has 0 saturated heterocycles. The monoisotopic (exact) mass is 380 g/mol. The van der Waals surface area contributed by atoms with E-state index in [9.17, 15) is 9.59 Å². The third-order valence-corrected chi connectivity index (χ3v) is 3.20. The van der Waals surface area contributed by atoms with Gasteiger partial charge in [0.1, 0.15) is 0 Å². The van der Waals surface area contributed by atoms with Crippen LogP contribution in [0.25, 0.3) is 0 Å². The number of carbonyl (C=O) groups is 2. The molecule has 0 heterocycles. The molecule has 0 spiro atoms. The van der Waals surface area contributed by atoms with Gasteiger partial charge in [-0.3, -0.25) is 9.59 Å². The van der Waals surface area contributed by atoms with Crippen molar-refractivity contribution < 1.29 is 9.59 Å². The molecule has 0 bridgehead atoms. The van der Waals surface area contributed by atoms with Crippen LogP contribution >= 0.6 is 22.6 Å². The summed E-state index contributed by atoms with van der Waals surface area (Å²) in [4.78, 5) is 23.1. The quantitative estimate of drug-likeness (QED) is 0.801. The number of amides is 2. The fourth-order valence-electron chi connectivity index (χ4n) is 1.71. The van der Waals surface area contributed by atoms with E-state index in [0.29, 0.717) is 16.9 Å². The van der Waals surface area contributed by atoms with Gasteiger partial charge >= 0.3 is 0 Å². The summed E-state index contributed by atoms with van der Waals surface area (Å²) >= 11 is 2.16. The molecular weight excluding hydrogens is 367 g/mol. The Morgan fingerprint density at radius 3 is 2.25 bits per heavy atom. The third-order valence-electron chi connectivity index (χ3n) is 2.53. The van der Waals surface area contributed by atoms with Crippen molar-refractivity contribution in [2.24, 2.45) is 0 Å². The van der Waals surface area contributed by atoms with Crippen LogP contribution < -0.4 is 10.6 Å². The van der Waals surface area contributed by atoms with Crippen LogP contribution in [-0.2, 0) is 4.79 Å². The highest BCUT2D eigenvalue weighted by Crippen LogP contribution is 2.16. The Hall–Kier alpha value is -1.89. The Kier molecular flexibility index (Phi) is 4.73. The first-order valence-electron chi connectivity index (χ1n) is 5.99. The number of hydrogen-bond acceptors (Lipinski definition) is 2. The first kappa shape index (κ1) is 14.5. The second-order valence-corrected chi connectivity index (χ2v) is 5.47. The highest BCUT2D eigenvalue weighted by Gasteiger charge is 2.06. The molecule has 2 N–H and O–H groups in total. The molecule has 0 aliphatic rings. The van der Waals surface area contributed by atoms with Crippen molar-refractivity contribution in [1.82, 2.24) is 0 Å². The molecule has 2 rings (SSSR count). The Labute approximate surface area is 130 Å². The van der Waals surface area contributed by atoms with E-state index < -0.39 is 0 Å². The lowest BCUT2D eigenvalue weighted by molar-refractivity contribution is -0.114. The second kappa shape index (κ2) is 6.51. The van der Waals surface area contributed by atoms with Gasteiger partial charge in [0.05, 0.1) is 0 Å². The van der Waals surface area contributed by atoms with Crippen molar-refractivity contribution in [2.75, 3.05) is 10.6 Å². The van der Waals surface area contributed by atoms with Gasteiger partial charge in [-0.05, 0) is 59.0 Å². The maximum Gasteiger partial charge on any atom is 0.255 e. The Morgan fingerprint density at radius 2 is 1.60 bits per heavy atom. The van der Waals surface area contributed by atoms with Gasteiger partial charge in [0.2, 0.25) is 5.91 Å². The van der Waals surface area contributed by atoms with E-state index in [0.717, 1.165) is 3.57 Å². The number of nitrogens with one attached hydrogen (secondary N) is 2. The maximum absolute atomic E-state index is 12.1. The smallest absolute Gasteiger partial charge is 0.255 e. The lowest BCUT2D eigenvalue weighted by Crippen LogP contribution is -2.12. The minimum atomic E-state index is -0.177. The zero-order valence-electron chi connectivity index (χ0n) is 10.8. The highest BCUT2D eigenvalue weighted by atomic mass is 127. The minimum absolute atomic E-state index is 0.147. The average molecular weight is 380 g/mol. The topological polar surface area (TPSA) is 58.2 Å². The molecule has 0 aromatic heterocycles. The van der Waals surface area contributed by atoms with Gasteiger partial charge in [0.15, 0.2) is 0 Å². The predicted molar refractivity (Wildman–Crippen MR) is 87.9 cm³/mol. The molecule has 0 unspecified atom stereocenters. The molecule has 4 nitrogen and oxygen atoms in total. The van der Waals surface area contributed by atoms with Crippen LogP contribution in [-0.4, -0.2) is 11.8 Å². The van der Waals surface area contributed by atoms with E-state index in [-0.39, 0.29) is 11.8 Å². The molecule has 2 amide bonds. The molecule has 20 heavy (non-hydrogen) atoms. The Bertz CT molecular complexity index is 656. The normalized spacial score (nSPS) is 9.90. The number of carbonyl (C=O) groups excluding carboxylic acids is 2. The summed E-state index contributed by atoms with van der Waals surface area (Å²) in [6.07, 6.45) is 0. The summed E-state index contributed by atoms with van der Waals surface area (Å²) in [5.74, 6) is -0.324. The van der Waals surface area contributed by atoms with Gasteiger partial charge in [-0.25, -0.2) is 0 Å². The zero-order chi connectivity index (χ0) is 14.5. The van der Waals surface area contributed by atoms with Crippen molar-refractivity contribution >= 4 is 45.8 Å². The second-order valence-electron chi connectivity index (χ2n) is 4.23. The van der Waals surface area contributed by atoms with E-state index >= 15 is 0 Å². The fourth-order valence-corrected chi connectivity index (χ4v) is 2.25. The van der Waals surface area contributed by atoms with Gasteiger partial charge in [-0.2, -0.15) is 0 Å². The average Bonchev–Trinajstić information content (AvgIpc) is 2.38. The number of hydrogen-bond donors (Lipinski definition) is 2. The SMILES string of the molecule is CC(=O)Nc1cccc(NC(=O)c2cccc(I)c2)c1. The first-order valence-corrected chi connectivity index (χ1v) is 7.07. The number of benzene rings is 2. The summed E-state index contributed by atoms with van der Waals surface area (Å²) < 4.78 is 1.00. The van der Waals surface area contributed by atoms with Crippen molar-refractivity contribution in [3.63, 3.8) is 0 Å². The molecule has 0 fully saturated rings. The summed E-state index contributed by atoms with van der Waals surface area (Å²) in [7, 11) is 0. The molecule has 0 aliphatic heterocycles. The lowest BCUT2D eigenvalue weighted by atomic mass is 10.2. The molecule has 0 aliphatic carbocycles. The van der Waals surface area contributed by atoms with Crippen LogP contribution in [0.4, 0.5) is 11.4 Å². The van der Waals surface area contributed by atoms with E-state index in [4.69, 9.17) is 0 Å². The van der Waals surface area contributed by atoms with Crippen molar-refractivity contribution in [1.29, 1.82) is 0 Å². The molecule has 2 aromatic rings. The van der Waals surface area contributed by atoms with Crippen LogP contribution in [0.15, 0.2) is 48.5 Å². The van der Waals surface area contributed by atoms with Gasteiger partial charge in [0, 0.05) is 27.4 Å². The molecular formula is C15H13IN2O2. The Morgan fingerprint density at radius 1 is 0.950 bits per heavy atom. The molecule has 0 radical (unpaired) electrons. The molecule has 0 atom stereocenters. The van der Waals surface area contributed by atoms with Crippen LogP contribution in [0.2, 0.25) is 0 Å². The lowest BCUT2D eigenvalue weighted by Gasteiger charge is -2.08. The number of rotatable bonds is 3. The zero-order valence-corrected chi connectivity index (χ0v) is 13.0. The predicted octanol–water partition coefficient (Wildman–Crippen LogP) is 3.50. The number of anilines is 2. The summed E-state index contributed by atoms with van der Waals surface area (Å²) in [5, 5.41) is 5.48. The van der Waals surface area contributed by atoms with Crippen LogP contribution in [0, 0.1) is 3.57 Å². The van der Waals surface area contributed by atoms with Crippen LogP contribution in [0.3, 0.4) is 0 Å². The fraction of sp³-hybridized carbons (Fsp3) is 0.0667. The Balaban J connectivity index is 2.13. The highest BCUT2D eigenvalue weighted by molar-refractivity contribution is 14.1. The minimum Gasteiger partial charge on any atom is -0.326 e. The third kappa shape index (κ3) is 4.06. The van der Waals surface area contributed by atoms with E-state index in [1.54, 1.807) is 30.3 Å².